The van der Waals surface area contributed by atoms with Crippen LogP contribution in [0.3, 0.4) is 0 Å². The average Bonchev–Trinajstić information content (AvgIpc) is 3.74. The van der Waals surface area contributed by atoms with E-state index in [0.29, 0.717) is 6.71 Å². The average molecular weight is 553 g/mol. The van der Waals surface area contributed by atoms with Crippen LogP contribution in [0.2, 0.25) is 11.9 Å². The molecule has 4 heteroatoms. The van der Waals surface area contributed by atoms with E-state index in [4.69, 9.17) is 0 Å². The molecular weight excluding hydrogens is 511 g/mol. The van der Waals surface area contributed by atoms with Crippen molar-refractivity contribution in [2.45, 2.75) is 50.6 Å². The van der Waals surface area contributed by atoms with E-state index < -0.39 is 8.07 Å². The number of nitrogens with zero attached hydrogens (tertiary/aromatic N) is 2. The summed E-state index contributed by atoms with van der Waals surface area (Å²) >= 11 is 0. The van der Waals surface area contributed by atoms with Gasteiger partial charge in [0, 0.05) is 18.6 Å². The third kappa shape index (κ3) is 7.65. The van der Waals surface area contributed by atoms with Crippen LogP contribution in [0.15, 0.2) is 152 Å². The number of hydrogen-bond acceptors (Lipinski definition) is 1. The van der Waals surface area contributed by atoms with Gasteiger partial charge in [0.25, 0.3) is 0 Å². The van der Waals surface area contributed by atoms with Crippen LogP contribution in [-0.2, 0) is 6.17 Å². The van der Waals surface area contributed by atoms with Gasteiger partial charge in [0.05, 0.1) is 6.33 Å². The molecule has 5 aromatic rings. The van der Waals surface area contributed by atoms with E-state index in [1.54, 1.807) is 0 Å². The molecule has 0 N–H and O–H groups in total. The first-order chi connectivity index (χ1) is 20.3. The summed E-state index contributed by atoms with van der Waals surface area (Å²) in [5.41, 5.74) is 2.94. The summed E-state index contributed by atoms with van der Waals surface area (Å²) in [5.74, 6) is 0.866. The van der Waals surface area contributed by atoms with Crippen LogP contribution in [0, 0.1) is 0 Å². The Morgan fingerprint density at radius 3 is 1.68 bits per heavy atom. The topological polar surface area (TPSA) is 17.8 Å². The lowest BCUT2D eigenvalue weighted by atomic mass is 9.37. The highest BCUT2D eigenvalue weighted by atomic mass is 28.3. The summed E-state index contributed by atoms with van der Waals surface area (Å²) in [4.78, 5) is 4.27. The van der Waals surface area contributed by atoms with E-state index >= 15 is 0 Å². The van der Waals surface area contributed by atoms with Gasteiger partial charge in [-0.05, 0) is 12.5 Å². The first kappa shape index (κ1) is 28.6. The minimum atomic E-state index is -1.97. The highest BCUT2D eigenvalue weighted by Gasteiger charge is 2.37. The first-order valence-electron chi connectivity index (χ1n) is 15.1. The van der Waals surface area contributed by atoms with Crippen LogP contribution in [0.5, 0.6) is 0 Å². The molecule has 6 rings (SSSR count). The second-order valence-corrected chi connectivity index (χ2v) is 15.2. The maximum atomic E-state index is 4.27. The van der Waals surface area contributed by atoms with Crippen molar-refractivity contribution in [1.82, 2.24) is 9.55 Å². The van der Waals surface area contributed by atoms with E-state index in [-0.39, 0.29) is 0 Å². The van der Waals surface area contributed by atoms with E-state index in [1.165, 1.54) is 40.6 Å². The van der Waals surface area contributed by atoms with E-state index in [9.17, 15) is 0 Å². The standard InChI is InChI=1S/C22H26N2Si.C15H15B/c1-2-3-4-11-18-25(20-24-17-16-23-19-24,21-12-7-5-8-13-21)22-14-9-6-10-15-22;1-3-7-13(8-4-1)16(15-11-12-15)14-9-5-2-6-10-14/h4-17,19H,2-3,18,20H2,1H3;1-10,15H,11-12H2. The molecule has 0 unspecified atom stereocenters. The lowest BCUT2D eigenvalue weighted by Gasteiger charge is -2.32. The van der Waals surface area contributed by atoms with Crippen LogP contribution in [0.25, 0.3) is 0 Å². The largest absolute Gasteiger partial charge is 0.340 e. The Morgan fingerprint density at radius 2 is 1.24 bits per heavy atom. The third-order valence-electron chi connectivity index (χ3n) is 8.16. The maximum Gasteiger partial charge on any atom is 0.212 e. The van der Waals surface area contributed by atoms with Crippen molar-refractivity contribution in [3.05, 3.63) is 152 Å². The molecule has 1 aliphatic carbocycles. The van der Waals surface area contributed by atoms with E-state index in [0.717, 1.165) is 24.5 Å². The van der Waals surface area contributed by atoms with Gasteiger partial charge in [-0.25, -0.2) is 4.98 Å². The zero-order valence-corrected chi connectivity index (χ0v) is 25.2. The lowest BCUT2D eigenvalue weighted by Crippen LogP contribution is -2.61. The van der Waals surface area contributed by atoms with Crippen LogP contribution < -0.4 is 21.3 Å². The van der Waals surface area contributed by atoms with Crippen LogP contribution in [0.4, 0.5) is 0 Å². The highest BCUT2D eigenvalue weighted by Crippen LogP contribution is 2.38. The molecule has 4 aromatic carbocycles. The second-order valence-electron chi connectivity index (χ2n) is 11.1. The van der Waals surface area contributed by atoms with Gasteiger partial charge in [0.15, 0.2) is 0 Å². The number of rotatable bonds is 11. The van der Waals surface area contributed by atoms with Gasteiger partial charge < -0.3 is 4.57 Å². The molecule has 1 fully saturated rings. The van der Waals surface area contributed by atoms with Gasteiger partial charge in [-0.15, -0.1) is 0 Å². The molecule has 1 aromatic heterocycles. The summed E-state index contributed by atoms with van der Waals surface area (Å²) in [7, 11) is -1.97. The molecule has 2 nitrogen and oxygen atoms in total. The number of allylic oxidation sites excluding steroid dienone is 2. The molecule has 0 aliphatic heterocycles. The van der Waals surface area contributed by atoms with Crippen molar-refractivity contribution < 1.29 is 0 Å². The van der Waals surface area contributed by atoms with Crippen molar-refractivity contribution in [1.29, 1.82) is 0 Å². The van der Waals surface area contributed by atoms with Gasteiger partial charge in [-0.2, -0.15) is 0 Å². The predicted octanol–water partition coefficient (Wildman–Crippen LogP) is 6.50. The lowest BCUT2D eigenvalue weighted by molar-refractivity contribution is 0.854. The molecule has 206 valence electrons. The summed E-state index contributed by atoms with van der Waals surface area (Å²) in [6, 6.07) is 45.1. The van der Waals surface area contributed by atoms with Crippen LogP contribution >= 0.6 is 0 Å². The van der Waals surface area contributed by atoms with E-state index in [2.05, 4.69) is 156 Å². The van der Waals surface area contributed by atoms with Crippen LogP contribution in [0.1, 0.15) is 32.6 Å². The molecule has 0 atom stereocenters. The molecule has 0 radical (unpaired) electrons. The number of aromatic nitrogens is 2. The Hall–Kier alpha value is -3.89. The Labute approximate surface area is 247 Å². The Balaban J connectivity index is 0.000000181. The maximum absolute atomic E-state index is 4.27. The van der Waals surface area contributed by atoms with Crippen molar-refractivity contribution in [3.63, 3.8) is 0 Å². The van der Waals surface area contributed by atoms with Gasteiger partial charge in [-0.1, -0.05) is 187 Å². The number of benzene rings is 4. The fourth-order valence-corrected chi connectivity index (χ4v) is 10.3. The smallest absolute Gasteiger partial charge is 0.212 e. The first-order valence-corrected chi connectivity index (χ1v) is 17.5. The summed E-state index contributed by atoms with van der Waals surface area (Å²) in [6.45, 7) is 2.84. The van der Waals surface area contributed by atoms with Crippen molar-refractivity contribution >= 4 is 36.1 Å². The zero-order chi connectivity index (χ0) is 28.2. The molecule has 1 heterocycles. The molecule has 0 amide bonds. The summed E-state index contributed by atoms with van der Waals surface area (Å²) in [5, 5.41) is 2.96. The highest BCUT2D eigenvalue weighted by molar-refractivity contribution is 7.01. The monoisotopic (exact) mass is 552 g/mol. The Bertz CT molecular complexity index is 1360. The molecule has 41 heavy (non-hydrogen) atoms. The number of imidazole rings is 1. The Morgan fingerprint density at radius 1 is 0.732 bits per heavy atom. The van der Waals surface area contributed by atoms with Gasteiger partial charge in [-0.3, -0.25) is 0 Å². The van der Waals surface area contributed by atoms with Crippen molar-refractivity contribution in [2.75, 3.05) is 0 Å². The fraction of sp³-hybridized carbons (Fsp3) is 0.216. The molecule has 0 spiro atoms. The SMILES string of the molecule is CCCC=CC[Si](Cn1ccnc1)(c1ccccc1)c1ccccc1.c1ccc(B(c2ccccc2)C2CC2)cc1. The second kappa shape index (κ2) is 14.7. The molecule has 1 saturated carbocycles. The zero-order valence-electron chi connectivity index (χ0n) is 24.2. The summed E-state index contributed by atoms with van der Waals surface area (Å²) < 4.78 is 2.25. The van der Waals surface area contributed by atoms with Crippen molar-refractivity contribution in [3.8, 4) is 0 Å². The predicted molar refractivity (Wildman–Crippen MR) is 180 cm³/mol. The van der Waals surface area contributed by atoms with Gasteiger partial charge >= 0.3 is 0 Å². The normalized spacial score (nSPS) is 13.0. The molecular formula is C37H41BN2Si. The van der Waals surface area contributed by atoms with Gasteiger partial charge in [0.2, 0.25) is 6.71 Å². The molecule has 1 aliphatic rings. The third-order valence-corrected chi connectivity index (χ3v) is 12.9. The van der Waals surface area contributed by atoms with Crippen LogP contribution in [-0.4, -0.2) is 24.3 Å². The van der Waals surface area contributed by atoms with Crippen molar-refractivity contribution in [2.24, 2.45) is 0 Å². The number of hydrogen-bond donors (Lipinski definition) is 0. The fourth-order valence-electron chi connectivity index (χ4n) is 5.91. The van der Waals surface area contributed by atoms with Gasteiger partial charge in [0.1, 0.15) is 8.07 Å². The minimum absolute atomic E-state index is 0.613. The van der Waals surface area contributed by atoms with E-state index in [1.807, 2.05) is 12.5 Å². The Kier molecular flexibility index (Phi) is 10.2. The number of unbranched alkanes of at least 4 members (excludes halogenated alkanes) is 1. The molecule has 0 saturated heterocycles. The quantitative estimate of drug-likeness (QED) is 0.135. The molecule has 0 bridgehead atoms. The summed E-state index contributed by atoms with van der Waals surface area (Å²) in [6.07, 6.45) is 16.8. The minimum Gasteiger partial charge on any atom is -0.340 e.